The van der Waals surface area contributed by atoms with Crippen molar-refractivity contribution in [3.63, 3.8) is 0 Å². The van der Waals surface area contributed by atoms with E-state index in [1.165, 1.54) is 18.2 Å². The average molecular weight is 269 g/mol. The number of phenols is 1. The van der Waals surface area contributed by atoms with Gasteiger partial charge in [-0.15, -0.1) is 0 Å². The number of H-pyrrole nitrogens is 1. The number of aromatic carboxylic acids is 1. The van der Waals surface area contributed by atoms with Crippen LogP contribution in [0, 0.1) is 0 Å². The maximum atomic E-state index is 10.9. The van der Waals surface area contributed by atoms with Crippen molar-refractivity contribution in [2.24, 2.45) is 0 Å². The Morgan fingerprint density at radius 2 is 2.00 bits per heavy atom. The minimum absolute atomic E-state index is 0.0121. The number of aromatic hydroxyl groups is 1. The summed E-state index contributed by atoms with van der Waals surface area (Å²) in [4.78, 5) is 18.3. The standard InChI is InChI=1S/C14H11N3O3/c15-9-5-7(2-4-12(9)18)13-16-10-3-1-8(14(19)20)6-11(10)17-13/h1-6,18H,15H2,(H,16,17)(H,19,20). The zero-order chi connectivity index (χ0) is 14.3. The number of anilines is 1. The van der Waals surface area contributed by atoms with E-state index in [2.05, 4.69) is 9.97 Å². The number of aromatic nitrogens is 2. The maximum absolute atomic E-state index is 10.9. The van der Waals surface area contributed by atoms with Gasteiger partial charge in [0.2, 0.25) is 0 Å². The molecule has 0 fully saturated rings. The van der Waals surface area contributed by atoms with Crippen LogP contribution in [0.2, 0.25) is 0 Å². The lowest BCUT2D eigenvalue weighted by atomic mass is 10.2. The van der Waals surface area contributed by atoms with Gasteiger partial charge in [0.05, 0.1) is 22.3 Å². The lowest BCUT2D eigenvalue weighted by molar-refractivity contribution is 0.0697. The number of hydrogen-bond donors (Lipinski definition) is 4. The normalized spacial score (nSPS) is 10.8. The quantitative estimate of drug-likeness (QED) is 0.421. The van der Waals surface area contributed by atoms with Crippen molar-refractivity contribution >= 4 is 22.7 Å². The third kappa shape index (κ3) is 1.93. The first kappa shape index (κ1) is 12.0. The molecule has 0 atom stereocenters. The second-order valence-corrected chi connectivity index (χ2v) is 4.40. The Bertz CT molecular complexity index is 824. The first-order valence-corrected chi connectivity index (χ1v) is 5.86. The molecule has 1 heterocycles. The van der Waals surface area contributed by atoms with E-state index in [1.54, 1.807) is 18.2 Å². The zero-order valence-electron chi connectivity index (χ0n) is 10.3. The first-order chi connectivity index (χ1) is 9.54. The van der Waals surface area contributed by atoms with Gasteiger partial charge < -0.3 is 20.9 Å². The summed E-state index contributed by atoms with van der Waals surface area (Å²) >= 11 is 0. The van der Waals surface area contributed by atoms with Crippen LogP contribution in [-0.2, 0) is 0 Å². The number of hydrogen-bond acceptors (Lipinski definition) is 4. The molecule has 5 N–H and O–H groups in total. The highest BCUT2D eigenvalue weighted by Gasteiger charge is 2.09. The molecule has 2 aromatic carbocycles. The van der Waals surface area contributed by atoms with Gasteiger partial charge in [-0.1, -0.05) is 0 Å². The van der Waals surface area contributed by atoms with Gasteiger partial charge in [0.1, 0.15) is 11.6 Å². The van der Waals surface area contributed by atoms with Crippen LogP contribution in [0.5, 0.6) is 5.75 Å². The molecule has 0 saturated carbocycles. The Morgan fingerprint density at radius 1 is 1.20 bits per heavy atom. The van der Waals surface area contributed by atoms with Crippen molar-refractivity contribution in [3.8, 4) is 17.1 Å². The van der Waals surface area contributed by atoms with Crippen molar-refractivity contribution in [2.45, 2.75) is 0 Å². The summed E-state index contributed by atoms with van der Waals surface area (Å²) < 4.78 is 0. The number of carboxylic acid groups (broad SMARTS) is 1. The van der Waals surface area contributed by atoms with E-state index in [1.807, 2.05) is 0 Å². The van der Waals surface area contributed by atoms with E-state index < -0.39 is 5.97 Å². The average Bonchev–Trinajstić information content (AvgIpc) is 2.84. The number of rotatable bonds is 2. The van der Waals surface area contributed by atoms with Crippen LogP contribution < -0.4 is 5.73 Å². The molecule has 0 radical (unpaired) electrons. The van der Waals surface area contributed by atoms with E-state index in [0.717, 1.165) is 5.52 Å². The lowest BCUT2D eigenvalue weighted by Gasteiger charge is -2.00. The zero-order valence-corrected chi connectivity index (χ0v) is 10.3. The molecule has 0 amide bonds. The Hall–Kier alpha value is -3.02. The number of nitrogen functional groups attached to an aromatic ring is 1. The molecule has 3 aromatic rings. The summed E-state index contributed by atoms with van der Waals surface area (Å²) in [5.41, 5.74) is 8.10. The van der Waals surface area contributed by atoms with E-state index in [4.69, 9.17) is 10.8 Å². The molecule has 20 heavy (non-hydrogen) atoms. The largest absolute Gasteiger partial charge is 0.506 e. The molecular formula is C14H11N3O3. The van der Waals surface area contributed by atoms with Gasteiger partial charge in [0, 0.05) is 5.56 Å². The number of nitrogens with two attached hydrogens (primary N) is 1. The molecule has 3 rings (SSSR count). The maximum Gasteiger partial charge on any atom is 0.335 e. The monoisotopic (exact) mass is 269 g/mol. The van der Waals surface area contributed by atoms with Crippen LogP contribution in [0.4, 0.5) is 5.69 Å². The van der Waals surface area contributed by atoms with Crippen molar-refractivity contribution in [1.29, 1.82) is 0 Å². The third-order valence-corrected chi connectivity index (χ3v) is 3.03. The number of nitrogens with one attached hydrogen (secondary N) is 1. The fourth-order valence-corrected chi connectivity index (χ4v) is 1.98. The molecule has 0 bridgehead atoms. The van der Waals surface area contributed by atoms with Crippen LogP contribution in [-0.4, -0.2) is 26.2 Å². The Balaban J connectivity index is 2.12. The third-order valence-electron chi connectivity index (χ3n) is 3.03. The summed E-state index contributed by atoms with van der Waals surface area (Å²) in [5, 5.41) is 18.4. The van der Waals surface area contributed by atoms with Gasteiger partial charge in [0.15, 0.2) is 0 Å². The van der Waals surface area contributed by atoms with Crippen LogP contribution in [0.25, 0.3) is 22.4 Å². The Kier molecular flexibility index (Phi) is 2.57. The SMILES string of the molecule is Nc1cc(-c2nc3cc(C(=O)O)ccc3[nH]2)ccc1O. The Morgan fingerprint density at radius 3 is 2.70 bits per heavy atom. The molecule has 6 nitrogen and oxygen atoms in total. The second-order valence-electron chi connectivity index (χ2n) is 4.40. The molecule has 1 aromatic heterocycles. The number of aromatic amines is 1. The number of carbonyl (C=O) groups is 1. The summed E-state index contributed by atoms with van der Waals surface area (Å²) in [5.74, 6) is -0.419. The van der Waals surface area contributed by atoms with Crippen LogP contribution in [0.15, 0.2) is 36.4 Å². The molecule has 0 unspecified atom stereocenters. The highest BCUT2D eigenvalue weighted by Crippen LogP contribution is 2.27. The van der Waals surface area contributed by atoms with E-state index in [-0.39, 0.29) is 17.0 Å². The number of imidazole rings is 1. The van der Waals surface area contributed by atoms with Crippen LogP contribution in [0.1, 0.15) is 10.4 Å². The van der Waals surface area contributed by atoms with Gasteiger partial charge in [-0.3, -0.25) is 0 Å². The first-order valence-electron chi connectivity index (χ1n) is 5.86. The second kappa shape index (κ2) is 4.27. The van der Waals surface area contributed by atoms with Crippen molar-refractivity contribution in [2.75, 3.05) is 5.73 Å². The molecule has 6 heteroatoms. The fraction of sp³-hybridized carbons (Fsp3) is 0. The smallest absolute Gasteiger partial charge is 0.335 e. The van der Waals surface area contributed by atoms with Crippen molar-refractivity contribution < 1.29 is 15.0 Å². The summed E-state index contributed by atoms with van der Waals surface area (Å²) in [6.45, 7) is 0. The number of nitrogens with zero attached hydrogens (tertiary/aromatic N) is 1. The van der Waals surface area contributed by atoms with E-state index in [9.17, 15) is 9.90 Å². The van der Waals surface area contributed by atoms with Crippen molar-refractivity contribution in [1.82, 2.24) is 9.97 Å². The van der Waals surface area contributed by atoms with Gasteiger partial charge in [-0.25, -0.2) is 9.78 Å². The number of phenolic OH excluding ortho intramolecular Hbond substituents is 1. The minimum atomic E-state index is -0.995. The van der Waals surface area contributed by atoms with Crippen molar-refractivity contribution in [3.05, 3.63) is 42.0 Å². The topological polar surface area (TPSA) is 112 Å². The number of benzene rings is 2. The fourth-order valence-electron chi connectivity index (χ4n) is 1.98. The summed E-state index contributed by atoms with van der Waals surface area (Å²) in [6, 6.07) is 9.45. The molecule has 0 spiro atoms. The molecular weight excluding hydrogens is 258 g/mol. The summed E-state index contributed by atoms with van der Waals surface area (Å²) in [7, 11) is 0. The van der Waals surface area contributed by atoms with Gasteiger partial charge >= 0.3 is 5.97 Å². The van der Waals surface area contributed by atoms with Gasteiger partial charge in [-0.05, 0) is 36.4 Å². The minimum Gasteiger partial charge on any atom is -0.506 e. The van der Waals surface area contributed by atoms with Crippen LogP contribution >= 0.6 is 0 Å². The Labute approximate surface area is 113 Å². The predicted octanol–water partition coefficient (Wildman–Crippen LogP) is 2.22. The van der Waals surface area contributed by atoms with Crippen LogP contribution in [0.3, 0.4) is 0 Å². The highest BCUT2D eigenvalue weighted by molar-refractivity contribution is 5.93. The molecule has 100 valence electrons. The number of carboxylic acids is 1. The number of fused-ring (bicyclic) bond motifs is 1. The highest BCUT2D eigenvalue weighted by atomic mass is 16.4. The van der Waals surface area contributed by atoms with Gasteiger partial charge in [0.25, 0.3) is 0 Å². The molecule has 0 aliphatic carbocycles. The molecule has 0 aliphatic heterocycles. The van der Waals surface area contributed by atoms with Gasteiger partial charge in [-0.2, -0.15) is 0 Å². The lowest BCUT2D eigenvalue weighted by Crippen LogP contribution is -1.94. The molecule has 0 saturated heterocycles. The van der Waals surface area contributed by atoms with E-state index >= 15 is 0 Å². The molecule has 0 aliphatic rings. The summed E-state index contributed by atoms with van der Waals surface area (Å²) in [6.07, 6.45) is 0. The van der Waals surface area contributed by atoms with E-state index in [0.29, 0.717) is 16.9 Å². The predicted molar refractivity (Wildman–Crippen MR) is 74.6 cm³/mol.